The number of hydrogen-bond acceptors (Lipinski definition) is 6. The van der Waals surface area contributed by atoms with Gasteiger partial charge in [0.25, 0.3) is 5.91 Å². The van der Waals surface area contributed by atoms with Crippen LogP contribution < -0.4 is 19.7 Å². The third-order valence-electron chi connectivity index (χ3n) is 7.07. The first-order valence-electron chi connectivity index (χ1n) is 12.3. The first-order valence-corrected chi connectivity index (χ1v) is 12.3. The van der Waals surface area contributed by atoms with Crippen molar-refractivity contribution in [2.24, 2.45) is 0 Å². The van der Waals surface area contributed by atoms with E-state index in [4.69, 9.17) is 14.6 Å². The number of methoxy groups -OCH3 is 2. The summed E-state index contributed by atoms with van der Waals surface area (Å²) in [6, 6.07) is 15.9. The second-order valence-electron chi connectivity index (χ2n) is 9.03. The van der Waals surface area contributed by atoms with Crippen molar-refractivity contribution in [2.45, 2.75) is 18.8 Å². The minimum atomic E-state index is 0. The highest BCUT2D eigenvalue weighted by Crippen LogP contribution is 2.32. The summed E-state index contributed by atoms with van der Waals surface area (Å²) in [6.07, 6.45) is 3.74. The lowest BCUT2D eigenvalue weighted by molar-refractivity contribution is 0.0744. The molecule has 2 saturated heterocycles. The summed E-state index contributed by atoms with van der Waals surface area (Å²) < 4.78 is 12.8. The molecule has 1 amide bonds. The topological polar surface area (TPSA) is 71.9 Å². The SMILES string of the molecule is COc1ccc(-n2ncc(C(=O)N3CCN(c4ccccc4OC)CC3)c2C2CCNCC2)cc1.Cl. The Hall–Kier alpha value is -3.23. The molecule has 2 aliphatic rings. The molecule has 5 rings (SSSR count). The van der Waals surface area contributed by atoms with Gasteiger partial charge in [0, 0.05) is 32.1 Å². The van der Waals surface area contributed by atoms with Gasteiger partial charge in [0.05, 0.1) is 43.0 Å². The van der Waals surface area contributed by atoms with Gasteiger partial charge in [-0.25, -0.2) is 4.68 Å². The van der Waals surface area contributed by atoms with Gasteiger partial charge in [0.15, 0.2) is 0 Å². The number of amides is 1. The summed E-state index contributed by atoms with van der Waals surface area (Å²) >= 11 is 0. The average molecular weight is 512 g/mol. The lowest BCUT2D eigenvalue weighted by Crippen LogP contribution is -2.49. The summed E-state index contributed by atoms with van der Waals surface area (Å²) in [6.45, 7) is 4.75. The lowest BCUT2D eigenvalue weighted by Gasteiger charge is -2.37. The molecule has 0 atom stereocenters. The van der Waals surface area contributed by atoms with Gasteiger partial charge in [0.2, 0.25) is 0 Å². The van der Waals surface area contributed by atoms with Gasteiger partial charge >= 0.3 is 0 Å². The summed E-state index contributed by atoms with van der Waals surface area (Å²) in [5.41, 5.74) is 3.76. The number of piperazine rings is 1. The van der Waals surface area contributed by atoms with E-state index < -0.39 is 0 Å². The number of nitrogens with zero attached hydrogens (tertiary/aromatic N) is 4. The van der Waals surface area contributed by atoms with Gasteiger partial charge in [-0.1, -0.05) is 12.1 Å². The molecule has 0 unspecified atom stereocenters. The molecule has 0 saturated carbocycles. The molecule has 2 aliphatic heterocycles. The number of piperidine rings is 1. The molecule has 2 fully saturated rings. The summed E-state index contributed by atoms with van der Waals surface area (Å²) in [4.78, 5) is 18.0. The van der Waals surface area contributed by atoms with Crippen molar-refractivity contribution >= 4 is 24.0 Å². The number of carbonyl (C=O) groups excluding carboxylic acids is 1. The van der Waals surface area contributed by atoms with Crippen molar-refractivity contribution in [3.63, 3.8) is 0 Å². The van der Waals surface area contributed by atoms with Crippen molar-refractivity contribution in [3.05, 3.63) is 66.0 Å². The second-order valence-corrected chi connectivity index (χ2v) is 9.03. The molecule has 0 spiro atoms. The maximum atomic E-state index is 13.8. The molecule has 2 aromatic carbocycles. The Morgan fingerprint density at radius 3 is 2.31 bits per heavy atom. The summed E-state index contributed by atoms with van der Waals surface area (Å²) in [5, 5.41) is 8.13. The number of anilines is 1. The van der Waals surface area contributed by atoms with Gasteiger partial charge in [-0.15, -0.1) is 12.4 Å². The van der Waals surface area contributed by atoms with Crippen LogP contribution in [0.1, 0.15) is 34.8 Å². The van der Waals surface area contributed by atoms with E-state index in [2.05, 4.69) is 16.3 Å². The van der Waals surface area contributed by atoms with E-state index in [0.29, 0.717) is 13.1 Å². The zero-order valence-electron chi connectivity index (χ0n) is 20.9. The Morgan fingerprint density at radius 1 is 0.944 bits per heavy atom. The molecule has 0 aliphatic carbocycles. The number of benzene rings is 2. The zero-order chi connectivity index (χ0) is 24.2. The molecule has 1 N–H and O–H groups in total. The van der Waals surface area contributed by atoms with E-state index >= 15 is 0 Å². The Morgan fingerprint density at radius 2 is 1.64 bits per heavy atom. The van der Waals surface area contributed by atoms with Crippen molar-refractivity contribution in [2.75, 3.05) is 58.4 Å². The van der Waals surface area contributed by atoms with Gasteiger partial charge in [0.1, 0.15) is 11.5 Å². The minimum absolute atomic E-state index is 0. The smallest absolute Gasteiger partial charge is 0.257 e. The highest BCUT2D eigenvalue weighted by Gasteiger charge is 2.31. The predicted molar refractivity (Wildman–Crippen MR) is 143 cm³/mol. The molecule has 8 nitrogen and oxygen atoms in total. The maximum absolute atomic E-state index is 13.8. The Bertz CT molecular complexity index is 1150. The summed E-state index contributed by atoms with van der Waals surface area (Å²) in [7, 11) is 3.36. The lowest BCUT2D eigenvalue weighted by atomic mass is 9.91. The van der Waals surface area contributed by atoms with Gasteiger partial charge in [-0.3, -0.25) is 4.79 Å². The number of ether oxygens (including phenoxy) is 2. The number of nitrogens with one attached hydrogen (secondary N) is 1. The number of para-hydroxylation sites is 2. The molecule has 1 aromatic heterocycles. The van der Waals surface area contributed by atoms with Gasteiger partial charge in [-0.05, 0) is 62.3 Å². The molecule has 0 radical (unpaired) electrons. The Kier molecular flexibility index (Phi) is 8.38. The van der Waals surface area contributed by atoms with Gasteiger partial charge < -0.3 is 24.6 Å². The second kappa shape index (κ2) is 11.7. The molecule has 3 heterocycles. The van der Waals surface area contributed by atoms with Crippen LogP contribution >= 0.6 is 12.4 Å². The van der Waals surface area contributed by atoms with E-state index in [9.17, 15) is 4.79 Å². The first-order chi connectivity index (χ1) is 17.2. The van der Waals surface area contributed by atoms with Crippen molar-refractivity contribution in [1.82, 2.24) is 20.0 Å². The molecular formula is C27H34ClN5O3. The fourth-order valence-corrected chi connectivity index (χ4v) is 5.15. The van der Waals surface area contributed by atoms with E-state index in [0.717, 1.165) is 73.2 Å². The fraction of sp³-hybridized carbons (Fsp3) is 0.407. The Labute approximate surface area is 218 Å². The molecular weight excluding hydrogens is 478 g/mol. The van der Waals surface area contributed by atoms with Crippen LogP contribution in [0.3, 0.4) is 0 Å². The monoisotopic (exact) mass is 511 g/mol. The molecule has 192 valence electrons. The normalized spacial score (nSPS) is 16.4. The van der Waals surface area contributed by atoms with Crippen LogP contribution in [0.4, 0.5) is 5.69 Å². The largest absolute Gasteiger partial charge is 0.497 e. The molecule has 36 heavy (non-hydrogen) atoms. The minimum Gasteiger partial charge on any atom is -0.497 e. The number of aromatic nitrogens is 2. The van der Waals surface area contributed by atoms with Crippen LogP contribution in [0.5, 0.6) is 11.5 Å². The first kappa shape index (κ1) is 25.9. The number of carbonyl (C=O) groups is 1. The van der Waals surface area contributed by atoms with Gasteiger partial charge in [-0.2, -0.15) is 5.10 Å². The predicted octanol–water partition coefficient (Wildman–Crippen LogP) is 3.74. The van der Waals surface area contributed by atoms with E-state index in [1.807, 2.05) is 52.0 Å². The number of rotatable bonds is 6. The zero-order valence-corrected chi connectivity index (χ0v) is 21.7. The number of halogens is 1. The Balaban J connectivity index is 0.00000304. The number of hydrogen-bond donors (Lipinski definition) is 1. The van der Waals surface area contributed by atoms with Crippen LogP contribution in [0.25, 0.3) is 5.69 Å². The molecule has 3 aromatic rings. The standard InChI is InChI=1S/C27H33N5O3.ClH/c1-34-22-9-7-21(8-10-22)32-26(20-11-13-28-14-12-20)23(19-29-32)27(33)31-17-15-30(16-18-31)24-5-3-4-6-25(24)35-2;/h3-10,19-20,28H,11-18H2,1-2H3;1H. The van der Waals surface area contributed by atoms with E-state index in [1.165, 1.54) is 0 Å². The average Bonchev–Trinajstić information content (AvgIpc) is 3.38. The summed E-state index contributed by atoms with van der Waals surface area (Å²) in [5.74, 6) is 2.02. The highest BCUT2D eigenvalue weighted by molar-refractivity contribution is 5.95. The van der Waals surface area contributed by atoms with Crippen molar-refractivity contribution in [1.29, 1.82) is 0 Å². The third-order valence-corrected chi connectivity index (χ3v) is 7.07. The van der Waals surface area contributed by atoms with Crippen LogP contribution in [-0.4, -0.2) is 74.1 Å². The van der Waals surface area contributed by atoms with Crippen LogP contribution in [0.15, 0.2) is 54.7 Å². The van der Waals surface area contributed by atoms with E-state index in [1.54, 1.807) is 20.4 Å². The van der Waals surface area contributed by atoms with Crippen molar-refractivity contribution in [3.8, 4) is 17.2 Å². The van der Waals surface area contributed by atoms with Crippen LogP contribution in [0, 0.1) is 0 Å². The molecule has 9 heteroatoms. The quantitative estimate of drug-likeness (QED) is 0.543. The van der Waals surface area contributed by atoms with Crippen molar-refractivity contribution < 1.29 is 14.3 Å². The fourth-order valence-electron chi connectivity index (χ4n) is 5.15. The maximum Gasteiger partial charge on any atom is 0.257 e. The van der Waals surface area contributed by atoms with Crippen LogP contribution in [-0.2, 0) is 0 Å². The molecule has 0 bridgehead atoms. The van der Waals surface area contributed by atoms with E-state index in [-0.39, 0.29) is 24.2 Å². The van der Waals surface area contributed by atoms with Crippen LogP contribution in [0.2, 0.25) is 0 Å². The highest BCUT2D eigenvalue weighted by atomic mass is 35.5. The third kappa shape index (κ3) is 5.15.